The molecule has 23 heavy (non-hydrogen) atoms. The Bertz CT molecular complexity index is 567. The molecule has 3 heteroatoms. The number of nitrogens with two attached hydrogens (primary N) is 1. The van der Waals surface area contributed by atoms with Gasteiger partial charge in [-0.05, 0) is 24.1 Å². The van der Waals surface area contributed by atoms with E-state index >= 15 is 0 Å². The number of thiocarbonyl (C=S) groups is 1. The van der Waals surface area contributed by atoms with Gasteiger partial charge in [-0.15, -0.1) is 0 Å². The predicted octanol–water partition coefficient (Wildman–Crippen LogP) is 4.39. The van der Waals surface area contributed by atoms with Crippen molar-refractivity contribution in [3.8, 4) is 0 Å². The lowest BCUT2D eigenvalue weighted by atomic mass is 9.89. The molecule has 0 amide bonds. The summed E-state index contributed by atoms with van der Waals surface area (Å²) in [5.74, 6) is 0. The first-order valence-electron chi connectivity index (χ1n) is 8.07. The molecule has 0 saturated carbocycles. The average Bonchev–Trinajstić information content (AvgIpc) is 2.54. The van der Waals surface area contributed by atoms with Crippen LogP contribution in [0.3, 0.4) is 0 Å². The third kappa shape index (κ3) is 5.77. The van der Waals surface area contributed by atoms with Crippen LogP contribution in [0.4, 0.5) is 0 Å². The Labute approximate surface area is 145 Å². The molecule has 122 valence electrons. The maximum absolute atomic E-state index is 5.87. The lowest BCUT2D eigenvalue weighted by molar-refractivity contribution is 0.230. The highest BCUT2D eigenvalue weighted by molar-refractivity contribution is 7.80. The van der Waals surface area contributed by atoms with Gasteiger partial charge in [-0.2, -0.15) is 0 Å². The van der Waals surface area contributed by atoms with E-state index in [4.69, 9.17) is 18.0 Å². The van der Waals surface area contributed by atoms with E-state index in [1.807, 2.05) is 0 Å². The van der Waals surface area contributed by atoms with Gasteiger partial charge < -0.3 is 5.73 Å². The Balaban J connectivity index is 2.06. The standard InChI is InChI=1S/C20H26N2S/c1-20(2,19(21)23)13-14-22(15-17-9-5-3-6-10-17)16-18-11-7-4-8-12-18/h3-12H,13-16H2,1-2H3,(H2,21,23). The van der Waals surface area contributed by atoms with Crippen LogP contribution in [-0.4, -0.2) is 16.4 Å². The summed E-state index contributed by atoms with van der Waals surface area (Å²) in [5.41, 5.74) is 8.42. The number of hydrogen-bond acceptors (Lipinski definition) is 2. The average molecular weight is 327 g/mol. The van der Waals surface area contributed by atoms with Gasteiger partial charge in [-0.25, -0.2) is 0 Å². The third-order valence-electron chi connectivity index (χ3n) is 4.22. The first-order valence-corrected chi connectivity index (χ1v) is 8.48. The number of rotatable bonds is 8. The molecule has 0 bridgehead atoms. The van der Waals surface area contributed by atoms with Crippen LogP contribution in [-0.2, 0) is 13.1 Å². The first kappa shape index (κ1) is 17.6. The molecule has 0 aliphatic heterocycles. The van der Waals surface area contributed by atoms with Crippen molar-refractivity contribution < 1.29 is 0 Å². The van der Waals surface area contributed by atoms with Crippen LogP contribution >= 0.6 is 12.2 Å². The molecule has 0 aromatic heterocycles. The van der Waals surface area contributed by atoms with E-state index in [0.29, 0.717) is 4.99 Å². The van der Waals surface area contributed by atoms with Crippen LogP contribution < -0.4 is 5.73 Å². The van der Waals surface area contributed by atoms with Gasteiger partial charge in [0.15, 0.2) is 0 Å². The van der Waals surface area contributed by atoms with E-state index in [0.717, 1.165) is 26.1 Å². The van der Waals surface area contributed by atoms with E-state index in [1.54, 1.807) is 0 Å². The molecule has 0 unspecified atom stereocenters. The third-order valence-corrected chi connectivity index (χ3v) is 4.77. The second-order valence-corrected chi connectivity index (χ2v) is 7.12. The first-order chi connectivity index (χ1) is 11.0. The molecule has 0 fully saturated rings. The van der Waals surface area contributed by atoms with E-state index in [1.165, 1.54) is 11.1 Å². The van der Waals surface area contributed by atoms with Gasteiger partial charge in [-0.3, -0.25) is 4.90 Å². The topological polar surface area (TPSA) is 29.3 Å². The lowest BCUT2D eigenvalue weighted by Crippen LogP contribution is -2.34. The maximum atomic E-state index is 5.87. The quantitative estimate of drug-likeness (QED) is 0.730. The Morgan fingerprint density at radius 1 is 0.913 bits per heavy atom. The van der Waals surface area contributed by atoms with Gasteiger partial charge in [0.1, 0.15) is 0 Å². The lowest BCUT2D eigenvalue weighted by Gasteiger charge is -2.29. The van der Waals surface area contributed by atoms with Crippen molar-refractivity contribution in [1.82, 2.24) is 4.90 Å². The van der Waals surface area contributed by atoms with Crippen molar-refractivity contribution in [2.24, 2.45) is 11.1 Å². The predicted molar refractivity (Wildman–Crippen MR) is 102 cm³/mol. The molecule has 2 rings (SSSR count). The van der Waals surface area contributed by atoms with E-state index in [-0.39, 0.29) is 5.41 Å². The minimum Gasteiger partial charge on any atom is -0.393 e. The molecule has 0 saturated heterocycles. The van der Waals surface area contributed by atoms with Crippen molar-refractivity contribution in [1.29, 1.82) is 0 Å². The smallest absolute Gasteiger partial charge is 0.0784 e. The van der Waals surface area contributed by atoms with E-state index in [2.05, 4.69) is 79.4 Å². The van der Waals surface area contributed by atoms with Crippen LogP contribution in [0, 0.1) is 5.41 Å². The Morgan fingerprint density at radius 3 is 1.74 bits per heavy atom. The molecule has 0 atom stereocenters. The van der Waals surface area contributed by atoms with Crippen LogP contribution in [0.15, 0.2) is 60.7 Å². The minimum absolute atomic E-state index is 0.110. The summed E-state index contributed by atoms with van der Waals surface area (Å²) in [6.07, 6.45) is 0.960. The summed E-state index contributed by atoms with van der Waals surface area (Å²) < 4.78 is 0. The van der Waals surface area contributed by atoms with Gasteiger partial charge in [0, 0.05) is 18.5 Å². The van der Waals surface area contributed by atoms with Gasteiger partial charge in [-0.1, -0.05) is 86.7 Å². The maximum Gasteiger partial charge on any atom is 0.0784 e. The fourth-order valence-corrected chi connectivity index (χ4v) is 2.56. The van der Waals surface area contributed by atoms with Gasteiger partial charge in [0.2, 0.25) is 0 Å². The highest BCUT2D eigenvalue weighted by Crippen LogP contribution is 2.22. The number of hydrogen-bond donors (Lipinski definition) is 1. The van der Waals surface area contributed by atoms with Crippen LogP contribution in [0.25, 0.3) is 0 Å². The zero-order valence-corrected chi connectivity index (χ0v) is 14.9. The van der Waals surface area contributed by atoms with Crippen molar-refractivity contribution in [2.75, 3.05) is 6.54 Å². The number of nitrogens with zero attached hydrogens (tertiary/aromatic N) is 1. The fourth-order valence-electron chi connectivity index (χ4n) is 2.46. The van der Waals surface area contributed by atoms with Crippen molar-refractivity contribution in [3.63, 3.8) is 0 Å². The summed E-state index contributed by atoms with van der Waals surface area (Å²) in [6.45, 7) is 7.08. The van der Waals surface area contributed by atoms with Crippen molar-refractivity contribution >= 4 is 17.2 Å². The Hall–Kier alpha value is -1.71. The zero-order valence-electron chi connectivity index (χ0n) is 14.0. The molecule has 2 nitrogen and oxygen atoms in total. The Morgan fingerprint density at radius 2 is 1.35 bits per heavy atom. The molecule has 0 heterocycles. The van der Waals surface area contributed by atoms with Gasteiger partial charge in [0.05, 0.1) is 4.99 Å². The molecule has 2 aromatic carbocycles. The fraction of sp³-hybridized carbons (Fsp3) is 0.350. The molecule has 0 spiro atoms. The van der Waals surface area contributed by atoms with Crippen molar-refractivity contribution in [3.05, 3.63) is 71.8 Å². The molecular formula is C20H26N2S. The number of benzene rings is 2. The normalized spacial score (nSPS) is 11.6. The van der Waals surface area contributed by atoms with Gasteiger partial charge >= 0.3 is 0 Å². The summed E-state index contributed by atoms with van der Waals surface area (Å²) >= 11 is 5.20. The molecule has 2 aromatic rings. The molecule has 0 aliphatic carbocycles. The molecular weight excluding hydrogens is 300 g/mol. The minimum atomic E-state index is -0.110. The van der Waals surface area contributed by atoms with Gasteiger partial charge in [0.25, 0.3) is 0 Å². The van der Waals surface area contributed by atoms with Crippen LogP contribution in [0.5, 0.6) is 0 Å². The summed E-state index contributed by atoms with van der Waals surface area (Å²) in [5, 5.41) is 0. The monoisotopic (exact) mass is 326 g/mol. The highest BCUT2D eigenvalue weighted by Gasteiger charge is 2.22. The van der Waals surface area contributed by atoms with Crippen LogP contribution in [0.2, 0.25) is 0 Å². The van der Waals surface area contributed by atoms with Crippen LogP contribution in [0.1, 0.15) is 31.4 Å². The molecule has 0 aliphatic rings. The Kier molecular flexibility index (Phi) is 6.31. The summed E-state index contributed by atoms with van der Waals surface area (Å²) in [4.78, 5) is 3.06. The summed E-state index contributed by atoms with van der Waals surface area (Å²) in [7, 11) is 0. The highest BCUT2D eigenvalue weighted by atomic mass is 32.1. The second kappa shape index (κ2) is 8.23. The second-order valence-electron chi connectivity index (χ2n) is 6.68. The van der Waals surface area contributed by atoms with E-state index in [9.17, 15) is 0 Å². The zero-order chi connectivity index (χ0) is 16.7. The summed E-state index contributed by atoms with van der Waals surface area (Å²) in [6, 6.07) is 21.2. The largest absolute Gasteiger partial charge is 0.393 e. The molecule has 0 radical (unpaired) electrons. The molecule has 2 N–H and O–H groups in total. The van der Waals surface area contributed by atoms with Crippen molar-refractivity contribution in [2.45, 2.75) is 33.4 Å². The van der Waals surface area contributed by atoms with E-state index < -0.39 is 0 Å². The SMILES string of the molecule is CC(C)(CCN(Cc1ccccc1)Cc1ccccc1)C(N)=S.